The third-order valence-corrected chi connectivity index (χ3v) is 6.52. The Morgan fingerprint density at radius 2 is 1.33 bits per heavy atom. The van der Waals surface area contributed by atoms with Crippen LogP contribution in [-0.2, 0) is 0 Å². The van der Waals surface area contributed by atoms with E-state index in [1.165, 1.54) is 53.2 Å². The van der Waals surface area contributed by atoms with Crippen molar-refractivity contribution in [3.8, 4) is 22.3 Å². The first-order valence-electron chi connectivity index (χ1n) is 7.99. The second kappa shape index (κ2) is 4.38. The van der Waals surface area contributed by atoms with Crippen LogP contribution in [0.15, 0.2) is 66.7 Å². The number of thiophene rings is 1. The molecular weight excluding hydrogens is 332 g/mol. The summed E-state index contributed by atoms with van der Waals surface area (Å²) in [6.07, 6.45) is 0. The van der Waals surface area contributed by atoms with Gasteiger partial charge in [-0.3, -0.25) is 0 Å². The topological polar surface area (TPSA) is 0 Å². The van der Waals surface area contributed by atoms with Crippen LogP contribution in [0.4, 0.5) is 0 Å². The molecule has 1 heterocycles. The van der Waals surface area contributed by atoms with E-state index in [1.807, 2.05) is 17.4 Å². The SMILES string of the molecule is Clc1ccc2ccc3sc4cccc5c4c3c2c1-c1ccccc1-5. The molecule has 4 aromatic carbocycles. The van der Waals surface area contributed by atoms with Crippen LogP contribution in [0.3, 0.4) is 0 Å². The van der Waals surface area contributed by atoms with Gasteiger partial charge in [-0.25, -0.2) is 0 Å². The Bertz CT molecular complexity index is 1310. The molecule has 0 atom stereocenters. The largest absolute Gasteiger partial charge is 0.135 e. The van der Waals surface area contributed by atoms with Crippen molar-refractivity contribution in [1.29, 1.82) is 0 Å². The van der Waals surface area contributed by atoms with Gasteiger partial charge in [-0.1, -0.05) is 60.1 Å². The van der Waals surface area contributed by atoms with E-state index in [-0.39, 0.29) is 0 Å². The number of rotatable bonds is 0. The van der Waals surface area contributed by atoms with E-state index in [0.717, 1.165) is 5.02 Å². The minimum absolute atomic E-state index is 0.828. The number of halogens is 1. The molecule has 0 bridgehead atoms. The van der Waals surface area contributed by atoms with E-state index < -0.39 is 0 Å². The zero-order chi connectivity index (χ0) is 15.8. The highest BCUT2D eigenvalue weighted by atomic mass is 35.5. The van der Waals surface area contributed by atoms with Crippen LogP contribution in [0.2, 0.25) is 5.02 Å². The van der Waals surface area contributed by atoms with Crippen molar-refractivity contribution in [3.05, 3.63) is 71.8 Å². The highest BCUT2D eigenvalue weighted by molar-refractivity contribution is 7.26. The summed E-state index contributed by atoms with van der Waals surface area (Å²) in [5, 5.41) is 6.11. The van der Waals surface area contributed by atoms with Crippen LogP contribution in [0.25, 0.3) is 53.2 Å². The van der Waals surface area contributed by atoms with Crippen LogP contribution in [0, 0.1) is 0 Å². The third kappa shape index (κ3) is 1.45. The highest BCUT2D eigenvalue weighted by Crippen LogP contribution is 2.51. The van der Waals surface area contributed by atoms with Crippen molar-refractivity contribution in [2.75, 3.05) is 0 Å². The number of fused-ring (bicyclic) bond motifs is 3. The summed E-state index contributed by atoms with van der Waals surface area (Å²) in [4.78, 5) is 0. The van der Waals surface area contributed by atoms with Gasteiger partial charge in [0.1, 0.15) is 0 Å². The molecule has 0 saturated carbocycles. The summed E-state index contributed by atoms with van der Waals surface area (Å²) in [5.41, 5.74) is 4.99. The molecule has 1 aliphatic carbocycles. The third-order valence-electron chi connectivity index (χ3n) is 5.08. The van der Waals surface area contributed by atoms with Gasteiger partial charge in [0.25, 0.3) is 0 Å². The standard InChI is InChI=1S/C22H11ClS/c23-16-10-8-12-9-11-18-22-19(12)20(16)14-5-2-1-4-13(14)15-6-3-7-17(24-18)21(15)22/h1-11H. The maximum Gasteiger partial charge on any atom is 0.0491 e. The summed E-state index contributed by atoms with van der Waals surface area (Å²) < 4.78 is 2.68. The van der Waals surface area contributed by atoms with Gasteiger partial charge in [0.05, 0.1) is 0 Å². The average molecular weight is 343 g/mol. The molecule has 0 unspecified atom stereocenters. The van der Waals surface area contributed by atoms with E-state index in [9.17, 15) is 0 Å². The molecule has 5 aromatic rings. The van der Waals surface area contributed by atoms with Crippen molar-refractivity contribution in [3.63, 3.8) is 0 Å². The minimum atomic E-state index is 0.828. The van der Waals surface area contributed by atoms with Crippen molar-refractivity contribution in [2.45, 2.75) is 0 Å². The summed E-state index contributed by atoms with van der Waals surface area (Å²) in [6, 6.07) is 23.9. The van der Waals surface area contributed by atoms with E-state index in [2.05, 4.69) is 60.7 Å². The van der Waals surface area contributed by atoms with Crippen molar-refractivity contribution in [1.82, 2.24) is 0 Å². The predicted octanol–water partition coefficient (Wildman–Crippen LogP) is 7.51. The fraction of sp³-hybridized carbons (Fsp3) is 0. The number of hydrogen-bond acceptors (Lipinski definition) is 1. The van der Waals surface area contributed by atoms with Gasteiger partial charge in [-0.15, -0.1) is 11.3 Å². The lowest BCUT2D eigenvalue weighted by Crippen LogP contribution is -1.86. The zero-order valence-corrected chi connectivity index (χ0v) is 14.2. The molecule has 0 fully saturated rings. The van der Waals surface area contributed by atoms with E-state index in [0.29, 0.717) is 0 Å². The molecule has 0 saturated heterocycles. The van der Waals surface area contributed by atoms with Gasteiger partial charge in [-0.2, -0.15) is 0 Å². The molecule has 0 amide bonds. The molecule has 0 N–H and O–H groups in total. The molecule has 112 valence electrons. The van der Waals surface area contributed by atoms with E-state index >= 15 is 0 Å². The second-order valence-electron chi connectivity index (χ2n) is 6.29. The Hall–Kier alpha value is -2.35. The summed E-state index contributed by atoms with van der Waals surface area (Å²) in [6.45, 7) is 0. The fourth-order valence-electron chi connectivity index (χ4n) is 4.12. The first kappa shape index (κ1) is 13.0. The molecule has 1 aromatic heterocycles. The van der Waals surface area contributed by atoms with Crippen LogP contribution in [0.5, 0.6) is 0 Å². The Morgan fingerprint density at radius 3 is 2.25 bits per heavy atom. The fourth-order valence-corrected chi connectivity index (χ4v) is 5.52. The lowest BCUT2D eigenvalue weighted by molar-refractivity contribution is 1.64. The van der Waals surface area contributed by atoms with Crippen LogP contribution in [-0.4, -0.2) is 0 Å². The summed E-state index contributed by atoms with van der Waals surface area (Å²) in [7, 11) is 0. The van der Waals surface area contributed by atoms with Crippen molar-refractivity contribution in [2.24, 2.45) is 0 Å². The molecule has 6 rings (SSSR count). The van der Waals surface area contributed by atoms with Gasteiger partial charge in [-0.05, 0) is 40.3 Å². The van der Waals surface area contributed by atoms with Crippen molar-refractivity contribution < 1.29 is 0 Å². The molecule has 0 spiro atoms. The normalized spacial score (nSPS) is 12.4. The van der Waals surface area contributed by atoms with Crippen LogP contribution >= 0.6 is 22.9 Å². The summed E-state index contributed by atoms with van der Waals surface area (Å²) in [5.74, 6) is 0. The smallest absolute Gasteiger partial charge is 0.0491 e. The van der Waals surface area contributed by atoms with Gasteiger partial charge >= 0.3 is 0 Å². The molecule has 1 aliphatic rings. The Balaban J connectivity index is 2.09. The van der Waals surface area contributed by atoms with E-state index in [1.54, 1.807) is 0 Å². The van der Waals surface area contributed by atoms with E-state index in [4.69, 9.17) is 11.6 Å². The number of benzene rings is 4. The van der Waals surface area contributed by atoms with Gasteiger partial charge in [0, 0.05) is 36.1 Å². The first-order valence-corrected chi connectivity index (χ1v) is 9.18. The lowest BCUT2D eigenvalue weighted by atomic mass is 9.94. The van der Waals surface area contributed by atoms with Gasteiger partial charge < -0.3 is 0 Å². The van der Waals surface area contributed by atoms with Gasteiger partial charge in [0.2, 0.25) is 0 Å². The lowest BCUT2D eigenvalue weighted by Gasteiger charge is -2.12. The zero-order valence-electron chi connectivity index (χ0n) is 12.6. The average Bonchev–Trinajstić information content (AvgIpc) is 2.94. The Morgan fingerprint density at radius 1 is 0.583 bits per heavy atom. The monoisotopic (exact) mass is 342 g/mol. The van der Waals surface area contributed by atoms with Crippen molar-refractivity contribution >= 4 is 53.9 Å². The quantitative estimate of drug-likeness (QED) is 0.268. The van der Waals surface area contributed by atoms with Crippen LogP contribution in [0.1, 0.15) is 0 Å². The van der Waals surface area contributed by atoms with Crippen LogP contribution < -0.4 is 0 Å². The molecule has 2 heteroatoms. The molecule has 24 heavy (non-hydrogen) atoms. The molecular formula is C22H11ClS. The molecule has 0 aliphatic heterocycles. The van der Waals surface area contributed by atoms with Gasteiger partial charge in [0.15, 0.2) is 0 Å². The maximum atomic E-state index is 6.71. The highest BCUT2D eigenvalue weighted by Gasteiger charge is 2.23. The predicted molar refractivity (Wildman–Crippen MR) is 106 cm³/mol. The molecule has 0 radical (unpaired) electrons. The first-order chi connectivity index (χ1) is 11.8. The second-order valence-corrected chi connectivity index (χ2v) is 7.78. The maximum absolute atomic E-state index is 6.71. The summed E-state index contributed by atoms with van der Waals surface area (Å²) >= 11 is 8.59. The Kier molecular flexibility index (Phi) is 2.37. The number of hydrogen-bond donors (Lipinski definition) is 0. The minimum Gasteiger partial charge on any atom is -0.135 e. The molecule has 0 nitrogen and oxygen atoms in total. The Labute approximate surface area is 147 Å².